The van der Waals surface area contributed by atoms with Crippen LogP contribution in [0.5, 0.6) is 0 Å². The summed E-state index contributed by atoms with van der Waals surface area (Å²) < 4.78 is 3.90. The number of carbonyl (C=O) groups is 1. The molecule has 5 heterocycles. The Kier molecular flexibility index (Phi) is 4.63. The molecule has 9 nitrogen and oxygen atoms in total. The van der Waals surface area contributed by atoms with Crippen molar-refractivity contribution in [3.63, 3.8) is 0 Å². The molecule has 2 aliphatic heterocycles. The van der Waals surface area contributed by atoms with Crippen molar-refractivity contribution < 1.29 is 4.79 Å². The third kappa shape index (κ3) is 3.18. The average molecular weight is 443 g/mol. The smallest absolute Gasteiger partial charge is 0.232 e. The zero-order valence-corrected chi connectivity index (χ0v) is 18.8. The molecule has 2 aliphatic rings. The van der Waals surface area contributed by atoms with Crippen LogP contribution < -0.4 is 10.2 Å². The standard InChI is InChI=1S/C24H26N8O/c1-3-32-13-16(12-27-32)21-29-20-22(30(21)2)25-14-26-23(20)31-10-8-15(9-11-31)19-17-6-4-5-7-18(17)28-24(19)33/h4-7,12-15,19H,3,8-11H2,1-2H3,(H,28,33). The van der Waals surface area contributed by atoms with Crippen LogP contribution in [0.4, 0.5) is 11.5 Å². The number of piperidine rings is 1. The number of fused-ring (bicyclic) bond motifs is 2. The van der Waals surface area contributed by atoms with E-state index in [4.69, 9.17) is 4.98 Å². The van der Waals surface area contributed by atoms with Crippen LogP contribution in [0.1, 0.15) is 31.2 Å². The molecule has 9 heteroatoms. The van der Waals surface area contributed by atoms with E-state index >= 15 is 0 Å². The molecule has 0 bridgehead atoms. The maximum Gasteiger partial charge on any atom is 0.232 e. The first kappa shape index (κ1) is 19.9. The number of imidazole rings is 1. The second-order valence-electron chi connectivity index (χ2n) is 8.83. The minimum Gasteiger partial charge on any atom is -0.355 e. The van der Waals surface area contributed by atoms with Crippen molar-refractivity contribution in [3.05, 3.63) is 48.5 Å². The Balaban J connectivity index is 1.27. The molecule has 0 saturated carbocycles. The average Bonchev–Trinajstić information content (AvgIpc) is 3.54. The van der Waals surface area contributed by atoms with Gasteiger partial charge in [0.05, 0.1) is 17.7 Å². The minimum absolute atomic E-state index is 0.0645. The third-order valence-corrected chi connectivity index (χ3v) is 7.00. The highest BCUT2D eigenvalue weighted by Gasteiger charge is 2.38. The topological polar surface area (TPSA) is 93.8 Å². The summed E-state index contributed by atoms with van der Waals surface area (Å²) in [7, 11) is 1.98. The Labute approximate surface area is 191 Å². The number of nitrogens with one attached hydrogen (secondary N) is 1. The predicted octanol–water partition coefficient (Wildman–Crippen LogP) is 3.20. The molecule has 1 atom stereocenters. The van der Waals surface area contributed by atoms with Gasteiger partial charge in [-0.2, -0.15) is 5.10 Å². The van der Waals surface area contributed by atoms with E-state index in [-0.39, 0.29) is 11.8 Å². The molecule has 1 unspecified atom stereocenters. The SMILES string of the molecule is CCn1cc(-c2nc3c(N4CCC(C5C(=O)Nc6ccccc65)CC4)ncnc3n2C)cn1. The molecule has 1 aromatic carbocycles. The summed E-state index contributed by atoms with van der Waals surface area (Å²) >= 11 is 0. The van der Waals surface area contributed by atoms with Gasteiger partial charge in [0.1, 0.15) is 12.2 Å². The molecule has 0 aliphatic carbocycles. The molecule has 1 fully saturated rings. The van der Waals surface area contributed by atoms with Crippen LogP contribution in [-0.4, -0.2) is 48.3 Å². The van der Waals surface area contributed by atoms with Crippen molar-refractivity contribution in [2.75, 3.05) is 23.3 Å². The van der Waals surface area contributed by atoms with E-state index in [1.165, 1.54) is 0 Å². The highest BCUT2D eigenvalue weighted by Crippen LogP contribution is 2.42. The predicted molar refractivity (Wildman–Crippen MR) is 126 cm³/mol. The van der Waals surface area contributed by atoms with E-state index in [1.54, 1.807) is 6.33 Å². The van der Waals surface area contributed by atoms with Crippen molar-refractivity contribution in [2.24, 2.45) is 13.0 Å². The number of rotatable bonds is 4. The van der Waals surface area contributed by atoms with Gasteiger partial charge in [-0.25, -0.2) is 15.0 Å². The molecule has 1 amide bonds. The van der Waals surface area contributed by atoms with Gasteiger partial charge in [-0.05, 0) is 37.3 Å². The van der Waals surface area contributed by atoms with E-state index < -0.39 is 0 Å². The van der Waals surface area contributed by atoms with Gasteiger partial charge in [-0.1, -0.05) is 18.2 Å². The summed E-state index contributed by atoms with van der Waals surface area (Å²) in [5, 5.41) is 7.44. The van der Waals surface area contributed by atoms with Crippen molar-refractivity contribution in [1.29, 1.82) is 0 Å². The number of benzene rings is 1. The number of anilines is 2. The summed E-state index contributed by atoms with van der Waals surface area (Å²) in [5.74, 6) is 2.08. The third-order valence-electron chi connectivity index (χ3n) is 7.00. The zero-order valence-electron chi connectivity index (χ0n) is 18.8. The molecule has 3 aromatic heterocycles. The molecular formula is C24H26N8O. The second-order valence-corrected chi connectivity index (χ2v) is 8.83. The Hall–Kier alpha value is -3.75. The van der Waals surface area contributed by atoms with Crippen LogP contribution in [0.2, 0.25) is 0 Å². The van der Waals surface area contributed by atoms with Crippen molar-refractivity contribution >= 4 is 28.6 Å². The maximum absolute atomic E-state index is 12.7. The van der Waals surface area contributed by atoms with Gasteiger partial charge < -0.3 is 14.8 Å². The fourth-order valence-electron chi connectivity index (χ4n) is 5.28. The summed E-state index contributed by atoms with van der Waals surface area (Å²) in [6.07, 6.45) is 7.32. The highest BCUT2D eigenvalue weighted by molar-refractivity contribution is 6.03. The highest BCUT2D eigenvalue weighted by atomic mass is 16.2. The molecule has 0 spiro atoms. The number of carbonyl (C=O) groups excluding carboxylic acids is 1. The first-order valence-electron chi connectivity index (χ1n) is 11.5. The summed E-state index contributed by atoms with van der Waals surface area (Å²) in [5.41, 5.74) is 4.67. The molecule has 6 rings (SSSR count). The van der Waals surface area contributed by atoms with E-state index in [9.17, 15) is 4.79 Å². The number of amides is 1. The molecule has 1 saturated heterocycles. The van der Waals surface area contributed by atoms with Crippen LogP contribution >= 0.6 is 0 Å². The van der Waals surface area contributed by atoms with E-state index in [2.05, 4.69) is 38.3 Å². The molecule has 1 N–H and O–H groups in total. The van der Waals surface area contributed by atoms with Crippen LogP contribution in [0.25, 0.3) is 22.6 Å². The summed E-state index contributed by atoms with van der Waals surface area (Å²) in [6, 6.07) is 8.05. The molecule has 168 valence electrons. The van der Waals surface area contributed by atoms with Gasteiger partial charge in [-0.15, -0.1) is 0 Å². The van der Waals surface area contributed by atoms with Gasteiger partial charge in [0.15, 0.2) is 17.0 Å². The molecule has 0 radical (unpaired) electrons. The van der Waals surface area contributed by atoms with Gasteiger partial charge in [0.25, 0.3) is 0 Å². The van der Waals surface area contributed by atoms with Gasteiger partial charge >= 0.3 is 0 Å². The number of nitrogens with zero attached hydrogens (tertiary/aromatic N) is 7. The molecule has 4 aromatic rings. The lowest BCUT2D eigenvalue weighted by molar-refractivity contribution is -0.118. The lowest BCUT2D eigenvalue weighted by Gasteiger charge is -2.34. The monoisotopic (exact) mass is 442 g/mol. The van der Waals surface area contributed by atoms with E-state index in [0.717, 1.165) is 72.1 Å². The Morgan fingerprint density at radius 3 is 2.76 bits per heavy atom. The number of para-hydroxylation sites is 1. The quantitative estimate of drug-likeness (QED) is 0.522. The Morgan fingerprint density at radius 2 is 1.97 bits per heavy atom. The van der Waals surface area contributed by atoms with Crippen LogP contribution in [-0.2, 0) is 18.4 Å². The van der Waals surface area contributed by atoms with Gasteiger partial charge in [0, 0.05) is 38.6 Å². The van der Waals surface area contributed by atoms with Crippen LogP contribution in [0, 0.1) is 5.92 Å². The molecular weight excluding hydrogens is 416 g/mol. The van der Waals surface area contributed by atoms with Crippen molar-refractivity contribution in [1.82, 2.24) is 29.3 Å². The largest absolute Gasteiger partial charge is 0.355 e. The first-order chi connectivity index (χ1) is 16.1. The lowest BCUT2D eigenvalue weighted by atomic mass is 9.81. The summed E-state index contributed by atoms with van der Waals surface area (Å²) in [4.78, 5) is 29.0. The maximum atomic E-state index is 12.7. The minimum atomic E-state index is -0.0645. The van der Waals surface area contributed by atoms with Crippen molar-refractivity contribution in [3.8, 4) is 11.4 Å². The first-order valence-corrected chi connectivity index (χ1v) is 11.5. The number of aryl methyl sites for hydroxylation is 2. The number of aromatic nitrogens is 6. The van der Waals surface area contributed by atoms with Gasteiger partial charge in [-0.3, -0.25) is 9.48 Å². The van der Waals surface area contributed by atoms with Crippen molar-refractivity contribution in [2.45, 2.75) is 32.2 Å². The fourth-order valence-corrected chi connectivity index (χ4v) is 5.28. The molecule has 33 heavy (non-hydrogen) atoms. The number of hydrogen-bond donors (Lipinski definition) is 1. The fraction of sp³-hybridized carbons (Fsp3) is 0.375. The number of hydrogen-bond acceptors (Lipinski definition) is 6. The normalized spacial score (nSPS) is 18.7. The Morgan fingerprint density at radius 1 is 1.15 bits per heavy atom. The second kappa shape index (κ2) is 7.68. The van der Waals surface area contributed by atoms with Crippen LogP contribution in [0.3, 0.4) is 0 Å². The van der Waals surface area contributed by atoms with E-state index in [0.29, 0.717) is 5.92 Å². The lowest BCUT2D eigenvalue weighted by Crippen LogP contribution is -2.37. The van der Waals surface area contributed by atoms with E-state index in [1.807, 2.05) is 46.9 Å². The summed E-state index contributed by atoms with van der Waals surface area (Å²) in [6.45, 7) is 4.55. The van der Waals surface area contributed by atoms with Gasteiger partial charge in [0.2, 0.25) is 5.91 Å². The zero-order chi connectivity index (χ0) is 22.5. The Bertz CT molecular complexity index is 1350. The van der Waals surface area contributed by atoms with Crippen LogP contribution in [0.15, 0.2) is 43.0 Å².